The molecular formula is C32H34N4O3. The lowest BCUT2D eigenvalue weighted by molar-refractivity contribution is 0.217. The summed E-state index contributed by atoms with van der Waals surface area (Å²) in [5.41, 5.74) is 6.58. The molecule has 1 N–H and O–H groups in total. The van der Waals surface area contributed by atoms with Gasteiger partial charge in [-0.25, -0.2) is 4.98 Å². The molecule has 5 aromatic rings. The SMILES string of the molecule is COc1cccc(CN(Cc2ccc3nc[nH]c3c2)c2ccc(OCCOc3cccc(N(C)C)c3)cc2)c1. The molecule has 1 heterocycles. The van der Waals surface area contributed by atoms with Gasteiger partial charge in [0.2, 0.25) is 0 Å². The number of benzene rings is 4. The first-order valence-electron chi connectivity index (χ1n) is 13.0. The summed E-state index contributed by atoms with van der Waals surface area (Å²) in [6, 6.07) is 30.8. The van der Waals surface area contributed by atoms with Crippen LogP contribution in [0.25, 0.3) is 11.0 Å². The van der Waals surface area contributed by atoms with Crippen LogP contribution in [0.15, 0.2) is 97.3 Å². The molecule has 0 saturated carbocycles. The van der Waals surface area contributed by atoms with Gasteiger partial charge < -0.3 is 29.0 Å². The maximum absolute atomic E-state index is 5.96. The third-order valence-electron chi connectivity index (χ3n) is 6.52. The van der Waals surface area contributed by atoms with Crippen LogP contribution in [-0.2, 0) is 13.1 Å². The molecule has 0 aliphatic carbocycles. The van der Waals surface area contributed by atoms with Crippen LogP contribution in [0.3, 0.4) is 0 Å². The highest BCUT2D eigenvalue weighted by molar-refractivity contribution is 5.75. The minimum atomic E-state index is 0.462. The van der Waals surface area contributed by atoms with E-state index in [0.717, 1.165) is 52.7 Å². The Kier molecular flexibility index (Phi) is 8.17. The van der Waals surface area contributed by atoms with E-state index >= 15 is 0 Å². The van der Waals surface area contributed by atoms with Gasteiger partial charge in [-0.2, -0.15) is 0 Å². The first kappa shape index (κ1) is 26.0. The van der Waals surface area contributed by atoms with Crippen LogP contribution in [0.1, 0.15) is 11.1 Å². The Morgan fingerprint density at radius 1 is 0.692 bits per heavy atom. The minimum absolute atomic E-state index is 0.462. The number of nitrogens with zero attached hydrogens (tertiary/aromatic N) is 3. The molecule has 0 amide bonds. The van der Waals surface area contributed by atoms with Crippen molar-refractivity contribution in [3.8, 4) is 17.2 Å². The van der Waals surface area contributed by atoms with E-state index in [1.807, 2.05) is 56.6 Å². The molecule has 0 atom stereocenters. The van der Waals surface area contributed by atoms with Crippen LogP contribution in [0.4, 0.5) is 11.4 Å². The Balaban J connectivity index is 1.25. The van der Waals surface area contributed by atoms with Crippen molar-refractivity contribution < 1.29 is 14.2 Å². The van der Waals surface area contributed by atoms with Crippen LogP contribution in [0, 0.1) is 0 Å². The molecule has 0 saturated heterocycles. The number of imidazole rings is 1. The van der Waals surface area contributed by atoms with Crippen LogP contribution in [0.5, 0.6) is 17.2 Å². The number of hydrogen-bond acceptors (Lipinski definition) is 6. The fraction of sp³-hybridized carbons (Fsp3) is 0.219. The van der Waals surface area contributed by atoms with Crippen LogP contribution in [-0.4, -0.2) is 44.4 Å². The van der Waals surface area contributed by atoms with E-state index in [1.165, 1.54) is 11.1 Å². The van der Waals surface area contributed by atoms with Gasteiger partial charge in [0, 0.05) is 44.6 Å². The molecule has 0 bridgehead atoms. The zero-order chi connectivity index (χ0) is 27.0. The number of nitrogens with one attached hydrogen (secondary N) is 1. The summed E-state index contributed by atoms with van der Waals surface area (Å²) in [5.74, 6) is 2.50. The standard InChI is InChI=1S/C32H34N4O3/c1-35(2)27-7-5-9-30(20-27)39-17-16-38-28-13-11-26(12-14-28)36(21-24-6-4-8-29(18-24)37-3)22-25-10-15-31-32(19-25)34-23-33-31/h4-15,18-20,23H,16-17,21-22H2,1-3H3,(H,33,34). The van der Waals surface area contributed by atoms with Gasteiger partial charge in [-0.3, -0.25) is 0 Å². The van der Waals surface area contributed by atoms with Crippen molar-refractivity contribution >= 4 is 22.4 Å². The first-order chi connectivity index (χ1) is 19.1. The maximum atomic E-state index is 5.96. The lowest BCUT2D eigenvalue weighted by Crippen LogP contribution is -2.22. The van der Waals surface area contributed by atoms with E-state index in [1.54, 1.807) is 13.4 Å². The number of rotatable bonds is 12. The largest absolute Gasteiger partial charge is 0.497 e. The van der Waals surface area contributed by atoms with Crippen molar-refractivity contribution in [2.24, 2.45) is 0 Å². The molecule has 7 nitrogen and oxygen atoms in total. The number of aromatic amines is 1. The van der Waals surface area contributed by atoms with Gasteiger partial charge in [-0.1, -0.05) is 24.3 Å². The number of aromatic nitrogens is 2. The molecule has 200 valence electrons. The monoisotopic (exact) mass is 522 g/mol. The average Bonchev–Trinajstić information content (AvgIpc) is 3.44. The summed E-state index contributed by atoms with van der Waals surface area (Å²) in [4.78, 5) is 12.0. The molecule has 1 aromatic heterocycles. The zero-order valence-electron chi connectivity index (χ0n) is 22.6. The number of ether oxygens (including phenoxy) is 3. The van der Waals surface area contributed by atoms with Crippen molar-refractivity contribution in [3.63, 3.8) is 0 Å². The van der Waals surface area contributed by atoms with E-state index in [2.05, 4.69) is 68.3 Å². The first-order valence-corrected chi connectivity index (χ1v) is 13.0. The fourth-order valence-electron chi connectivity index (χ4n) is 4.45. The predicted molar refractivity (Wildman–Crippen MR) is 157 cm³/mol. The van der Waals surface area contributed by atoms with Gasteiger partial charge in [-0.15, -0.1) is 0 Å². The Morgan fingerprint density at radius 2 is 1.41 bits per heavy atom. The van der Waals surface area contributed by atoms with Crippen LogP contribution in [0.2, 0.25) is 0 Å². The van der Waals surface area contributed by atoms with Gasteiger partial charge in [0.25, 0.3) is 0 Å². The van der Waals surface area contributed by atoms with Crippen molar-refractivity contribution in [2.75, 3.05) is 44.2 Å². The van der Waals surface area contributed by atoms with Crippen molar-refractivity contribution in [1.82, 2.24) is 9.97 Å². The molecule has 4 aromatic carbocycles. The quantitative estimate of drug-likeness (QED) is 0.194. The molecule has 7 heteroatoms. The number of hydrogen-bond donors (Lipinski definition) is 1. The average molecular weight is 523 g/mol. The molecule has 39 heavy (non-hydrogen) atoms. The second kappa shape index (κ2) is 12.3. The van der Waals surface area contributed by atoms with Crippen molar-refractivity contribution in [2.45, 2.75) is 13.1 Å². The van der Waals surface area contributed by atoms with Crippen LogP contribution < -0.4 is 24.0 Å². The Bertz CT molecular complexity index is 1500. The Labute approximate surface area is 229 Å². The predicted octanol–water partition coefficient (Wildman–Crippen LogP) is 6.30. The summed E-state index contributed by atoms with van der Waals surface area (Å²) in [6.45, 7) is 2.41. The zero-order valence-corrected chi connectivity index (χ0v) is 22.6. The molecule has 0 fully saturated rings. The summed E-state index contributed by atoms with van der Waals surface area (Å²) >= 11 is 0. The Morgan fingerprint density at radius 3 is 2.18 bits per heavy atom. The van der Waals surface area contributed by atoms with E-state index in [0.29, 0.717) is 13.2 Å². The summed E-state index contributed by atoms with van der Waals surface area (Å²) in [5, 5.41) is 0. The Hall–Kier alpha value is -4.65. The van der Waals surface area contributed by atoms with Gasteiger partial charge in [0.05, 0.1) is 24.5 Å². The highest BCUT2D eigenvalue weighted by atomic mass is 16.5. The molecular weight excluding hydrogens is 488 g/mol. The highest BCUT2D eigenvalue weighted by Gasteiger charge is 2.11. The van der Waals surface area contributed by atoms with Crippen molar-refractivity contribution in [3.05, 3.63) is 108 Å². The number of methoxy groups -OCH3 is 1. The highest BCUT2D eigenvalue weighted by Crippen LogP contribution is 2.26. The number of fused-ring (bicyclic) bond motifs is 1. The fourth-order valence-corrected chi connectivity index (χ4v) is 4.45. The van der Waals surface area contributed by atoms with Crippen molar-refractivity contribution in [1.29, 1.82) is 0 Å². The second-order valence-electron chi connectivity index (χ2n) is 9.54. The summed E-state index contributed by atoms with van der Waals surface area (Å²) in [7, 11) is 5.73. The molecule has 0 radical (unpaired) electrons. The normalized spacial score (nSPS) is 10.8. The molecule has 0 unspecified atom stereocenters. The summed E-state index contributed by atoms with van der Waals surface area (Å²) in [6.07, 6.45) is 1.73. The topological polar surface area (TPSA) is 62.9 Å². The van der Waals surface area contributed by atoms with Gasteiger partial charge in [0.1, 0.15) is 30.5 Å². The van der Waals surface area contributed by atoms with Gasteiger partial charge in [-0.05, 0) is 71.8 Å². The maximum Gasteiger partial charge on any atom is 0.122 e. The number of H-pyrrole nitrogens is 1. The van der Waals surface area contributed by atoms with E-state index in [4.69, 9.17) is 14.2 Å². The van der Waals surface area contributed by atoms with Gasteiger partial charge >= 0.3 is 0 Å². The van der Waals surface area contributed by atoms with Crippen LogP contribution >= 0.6 is 0 Å². The number of anilines is 2. The second-order valence-corrected chi connectivity index (χ2v) is 9.54. The van der Waals surface area contributed by atoms with Gasteiger partial charge in [0.15, 0.2) is 0 Å². The minimum Gasteiger partial charge on any atom is -0.497 e. The smallest absolute Gasteiger partial charge is 0.122 e. The molecule has 0 aliphatic heterocycles. The molecule has 0 aliphatic rings. The molecule has 5 rings (SSSR count). The molecule has 0 spiro atoms. The summed E-state index contributed by atoms with van der Waals surface area (Å²) < 4.78 is 17.3. The lowest BCUT2D eigenvalue weighted by Gasteiger charge is -2.26. The van der Waals surface area contributed by atoms with E-state index in [-0.39, 0.29) is 0 Å². The third kappa shape index (κ3) is 6.82. The lowest BCUT2D eigenvalue weighted by atomic mass is 10.1. The third-order valence-corrected chi connectivity index (χ3v) is 6.52. The van der Waals surface area contributed by atoms with E-state index < -0.39 is 0 Å². The van der Waals surface area contributed by atoms with E-state index in [9.17, 15) is 0 Å².